The number of Topliss-reactive ketones (excluding diaryl/α,β-unsaturated/α-hetero) is 1. The van der Waals surface area contributed by atoms with E-state index in [-0.39, 0.29) is 30.5 Å². The fourth-order valence-electron chi connectivity index (χ4n) is 8.07. The first kappa shape index (κ1) is 24.0. The second-order valence-corrected chi connectivity index (χ2v) is 12.1. The molecular formula is C28H38O6. The van der Waals surface area contributed by atoms with Gasteiger partial charge in [-0.25, -0.2) is 4.79 Å². The lowest BCUT2D eigenvalue weighted by molar-refractivity contribution is -0.239. The molecule has 5 aliphatic rings. The molecule has 0 bridgehead atoms. The molecule has 0 radical (unpaired) electrons. The van der Waals surface area contributed by atoms with Crippen LogP contribution in [-0.2, 0) is 14.3 Å². The molecule has 2 saturated carbocycles. The van der Waals surface area contributed by atoms with Crippen LogP contribution in [0.5, 0.6) is 0 Å². The van der Waals surface area contributed by atoms with Crippen molar-refractivity contribution < 1.29 is 29.6 Å². The van der Waals surface area contributed by atoms with Gasteiger partial charge in [-0.1, -0.05) is 35.8 Å². The minimum Gasteiger partial charge on any atom is -0.455 e. The molecule has 0 aromatic carbocycles. The molecule has 34 heavy (non-hydrogen) atoms. The number of cyclic esters (lactones) is 1. The van der Waals surface area contributed by atoms with Gasteiger partial charge in [0.25, 0.3) is 0 Å². The van der Waals surface area contributed by atoms with Crippen LogP contribution >= 0.6 is 0 Å². The average Bonchev–Trinajstić information content (AvgIpc) is 3.05. The minimum atomic E-state index is -1.64. The van der Waals surface area contributed by atoms with Crippen LogP contribution in [-0.4, -0.2) is 50.5 Å². The number of allylic oxidation sites excluding steroid dienone is 1. The van der Waals surface area contributed by atoms with Crippen molar-refractivity contribution in [3.8, 4) is 0 Å². The highest BCUT2D eigenvalue weighted by atomic mass is 16.6. The third kappa shape index (κ3) is 2.85. The summed E-state index contributed by atoms with van der Waals surface area (Å²) in [5.41, 5.74) is -0.777. The van der Waals surface area contributed by atoms with E-state index in [1.807, 2.05) is 20.8 Å². The summed E-state index contributed by atoms with van der Waals surface area (Å²) in [4.78, 5) is 25.6. The maximum atomic E-state index is 13.2. The van der Waals surface area contributed by atoms with Crippen molar-refractivity contribution in [2.24, 2.45) is 22.7 Å². The number of esters is 1. The van der Waals surface area contributed by atoms with Crippen molar-refractivity contribution >= 4 is 11.8 Å². The van der Waals surface area contributed by atoms with Gasteiger partial charge in [0.1, 0.15) is 23.1 Å². The second kappa shape index (κ2) is 7.37. The van der Waals surface area contributed by atoms with Gasteiger partial charge in [-0.3, -0.25) is 4.79 Å². The van der Waals surface area contributed by atoms with E-state index in [0.29, 0.717) is 24.8 Å². The summed E-state index contributed by atoms with van der Waals surface area (Å²) in [6, 6.07) is 0. The number of hydrogen-bond donors (Lipinski definition) is 3. The molecule has 0 aromatic rings. The highest BCUT2D eigenvalue weighted by molar-refractivity contribution is 5.90. The zero-order valence-corrected chi connectivity index (χ0v) is 21.0. The van der Waals surface area contributed by atoms with Crippen molar-refractivity contribution in [2.75, 3.05) is 0 Å². The molecule has 1 aliphatic heterocycles. The van der Waals surface area contributed by atoms with Crippen LogP contribution in [0, 0.1) is 22.7 Å². The number of carbonyl (C=O) groups excluding carboxylic acids is 2. The molecule has 8 atom stereocenters. The van der Waals surface area contributed by atoms with Gasteiger partial charge in [0.15, 0.2) is 0 Å². The monoisotopic (exact) mass is 470 g/mol. The zero-order chi connectivity index (χ0) is 24.8. The van der Waals surface area contributed by atoms with Gasteiger partial charge in [0.2, 0.25) is 0 Å². The van der Waals surface area contributed by atoms with E-state index in [9.17, 15) is 24.9 Å². The Hall–Kier alpha value is -1.76. The molecular weight excluding hydrogens is 432 g/mol. The Kier molecular flexibility index (Phi) is 5.20. The lowest BCUT2D eigenvalue weighted by Gasteiger charge is -2.59. The number of rotatable bonds is 2. The molecule has 0 saturated heterocycles. The SMILES string of the molecule is CC1=C(C)C(=O)O[C@@H]([C@](C)(O)[C@]2(O)CC=C3[C@@H]4CC=C5C[C@@H](O)CC(=O)[C@]5(C)[C@H]4CC[C@@]32C)C1. The molecule has 186 valence electrons. The predicted molar refractivity (Wildman–Crippen MR) is 127 cm³/mol. The number of carbonyl (C=O) groups is 2. The summed E-state index contributed by atoms with van der Waals surface area (Å²) in [6.45, 7) is 9.29. The Labute approximate surface area is 201 Å². The summed E-state index contributed by atoms with van der Waals surface area (Å²) in [5, 5.41) is 34.2. The normalized spacial score (nSPS) is 46.0. The van der Waals surface area contributed by atoms with Gasteiger partial charge >= 0.3 is 5.97 Å². The maximum absolute atomic E-state index is 13.2. The molecule has 0 aromatic heterocycles. The zero-order valence-electron chi connectivity index (χ0n) is 21.0. The summed E-state index contributed by atoms with van der Waals surface area (Å²) in [5.74, 6) is -0.0919. The van der Waals surface area contributed by atoms with E-state index in [0.717, 1.165) is 29.6 Å². The van der Waals surface area contributed by atoms with E-state index in [2.05, 4.69) is 12.2 Å². The minimum absolute atomic E-state index is 0.106. The van der Waals surface area contributed by atoms with Crippen LogP contribution in [0.1, 0.15) is 79.6 Å². The van der Waals surface area contributed by atoms with E-state index >= 15 is 0 Å². The third-order valence-electron chi connectivity index (χ3n) is 10.6. The molecule has 6 nitrogen and oxygen atoms in total. The fraction of sp³-hybridized carbons (Fsp3) is 0.714. The predicted octanol–water partition coefficient (Wildman–Crippen LogP) is 3.54. The Balaban J connectivity index is 1.49. The fourth-order valence-corrected chi connectivity index (χ4v) is 8.07. The Bertz CT molecular complexity index is 1050. The first-order valence-corrected chi connectivity index (χ1v) is 12.7. The number of ketones is 1. The molecule has 0 amide bonds. The number of aliphatic hydroxyl groups is 3. The molecule has 2 fully saturated rings. The van der Waals surface area contributed by atoms with E-state index in [1.165, 1.54) is 0 Å². The highest BCUT2D eigenvalue weighted by Crippen LogP contribution is 2.66. The Morgan fingerprint density at radius 2 is 1.82 bits per heavy atom. The highest BCUT2D eigenvalue weighted by Gasteiger charge is 2.68. The van der Waals surface area contributed by atoms with Crippen LogP contribution < -0.4 is 0 Å². The van der Waals surface area contributed by atoms with Gasteiger partial charge in [-0.15, -0.1) is 0 Å². The molecule has 3 N–H and O–H groups in total. The van der Waals surface area contributed by atoms with Crippen LogP contribution in [0.25, 0.3) is 0 Å². The number of aliphatic hydroxyl groups excluding tert-OH is 1. The third-order valence-corrected chi connectivity index (χ3v) is 10.6. The van der Waals surface area contributed by atoms with Crippen LogP contribution in [0.4, 0.5) is 0 Å². The van der Waals surface area contributed by atoms with Gasteiger partial charge in [-0.2, -0.15) is 0 Å². The van der Waals surface area contributed by atoms with Crippen LogP contribution in [0.3, 0.4) is 0 Å². The number of fused-ring (bicyclic) bond motifs is 5. The number of hydrogen-bond acceptors (Lipinski definition) is 6. The van der Waals surface area contributed by atoms with Gasteiger partial charge < -0.3 is 20.1 Å². The van der Waals surface area contributed by atoms with Crippen molar-refractivity contribution in [1.82, 2.24) is 0 Å². The summed E-state index contributed by atoms with van der Waals surface area (Å²) in [6.07, 6.45) is 6.40. The van der Waals surface area contributed by atoms with Crippen molar-refractivity contribution in [1.29, 1.82) is 0 Å². The maximum Gasteiger partial charge on any atom is 0.334 e. The quantitative estimate of drug-likeness (QED) is 0.421. The Morgan fingerprint density at radius 3 is 2.50 bits per heavy atom. The lowest BCUT2D eigenvalue weighted by atomic mass is 9.47. The number of ether oxygens (including phenoxy) is 1. The summed E-state index contributed by atoms with van der Waals surface area (Å²) in [7, 11) is 0. The molecule has 0 unspecified atom stereocenters. The topological polar surface area (TPSA) is 104 Å². The second-order valence-electron chi connectivity index (χ2n) is 12.1. The smallest absolute Gasteiger partial charge is 0.334 e. The summed E-state index contributed by atoms with van der Waals surface area (Å²) >= 11 is 0. The van der Waals surface area contributed by atoms with E-state index < -0.39 is 40.2 Å². The molecule has 1 heterocycles. The van der Waals surface area contributed by atoms with Crippen LogP contribution in [0.2, 0.25) is 0 Å². The Morgan fingerprint density at radius 1 is 1.12 bits per heavy atom. The van der Waals surface area contributed by atoms with Crippen molar-refractivity contribution in [2.45, 2.75) is 103 Å². The van der Waals surface area contributed by atoms with E-state index in [4.69, 9.17) is 4.74 Å². The van der Waals surface area contributed by atoms with Crippen LogP contribution in [0.15, 0.2) is 34.4 Å². The average molecular weight is 471 g/mol. The van der Waals surface area contributed by atoms with Crippen molar-refractivity contribution in [3.05, 3.63) is 34.4 Å². The largest absolute Gasteiger partial charge is 0.455 e. The van der Waals surface area contributed by atoms with Gasteiger partial charge in [-0.05, 0) is 71.6 Å². The molecule has 0 spiro atoms. The van der Waals surface area contributed by atoms with E-state index in [1.54, 1.807) is 13.8 Å². The lowest BCUT2D eigenvalue weighted by Crippen LogP contribution is -2.67. The van der Waals surface area contributed by atoms with Gasteiger partial charge in [0.05, 0.1) is 11.5 Å². The van der Waals surface area contributed by atoms with Gasteiger partial charge in [0, 0.05) is 23.8 Å². The first-order valence-electron chi connectivity index (χ1n) is 12.7. The first-order chi connectivity index (χ1) is 15.8. The molecule has 6 heteroatoms. The molecule has 5 rings (SSSR count). The summed E-state index contributed by atoms with van der Waals surface area (Å²) < 4.78 is 5.65. The van der Waals surface area contributed by atoms with Crippen molar-refractivity contribution in [3.63, 3.8) is 0 Å². The molecule has 4 aliphatic carbocycles. The standard InChI is InChI=1S/C28H38O6/c1-15-12-23(34-24(31)16(15)2)27(5,32)28(33)11-9-20-19-7-6-17-13-18(29)14-22(30)26(17,4)21(19)8-10-25(20,28)3/h6,9,18-19,21,23,29,32-33H,7-8,10-14H2,1-5H3/t18-,19+,21+,23-,25+,26+,27+,28+/m1/s1.